The molecule has 0 atom stereocenters. The third-order valence-corrected chi connectivity index (χ3v) is 20.1. The van der Waals surface area contributed by atoms with Gasteiger partial charge in [-0.2, -0.15) is 12.8 Å². The molecule has 0 unspecified atom stereocenters. The smallest absolute Gasteiger partial charge is 0.416 e. The average Bonchev–Trinajstić information content (AvgIpc) is 2.72. The van der Waals surface area contributed by atoms with Crippen molar-refractivity contribution < 1.29 is 28.3 Å². The molecule has 2 nitrogen and oxygen atoms in total. The molecule has 0 aliphatic heterocycles. The summed E-state index contributed by atoms with van der Waals surface area (Å²) >= 11 is 0. The number of unbranched alkanes of at least 4 members (excludes halogenated alkanes) is 6. The molecule has 0 spiro atoms. The Labute approximate surface area is 238 Å². The molecular weight excluding hydrogens is 514 g/mol. The van der Waals surface area contributed by atoms with E-state index in [0.29, 0.717) is 33.2 Å². The normalized spacial score (nSPS) is 12.7. The predicted molar refractivity (Wildman–Crippen MR) is 162 cm³/mol. The van der Waals surface area contributed by atoms with Crippen LogP contribution in [0.2, 0.25) is 33.2 Å². The van der Waals surface area contributed by atoms with Gasteiger partial charge in [0.25, 0.3) is 0 Å². The van der Waals surface area contributed by atoms with Gasteiger partial charge < -0.3 is 22.7 Å². The maximum Gasteiger partial charge on any atom is 2.00 e. The van der Waals surface area contributed by atoms with Crippen LogP contribution in [0.1, 0.15) is 134 Å². The van der Waals surface area contributed by atoms with Crippen LogP contribution in [0.15, 0.2) is 0 Å². The van der Waals surface area contributed by atoms with Crippen molar-refractivity contribution >= 4 is 16.6 Å². The van der Waals surface area contributed by atoms with Gasteiger partial charge in [0.05, 0.1) is 0 Å². The van der Waals surface area contributed by atoms with Gasteiger partial charge in [0, 0.05) is 13.2 Å². The zero-order valence-corrected chi connectivity index (χ0v) is 31.4. The third kappa shape index (κ3) is 13.6. The second-order valence-electron chi connectivity index (χ2n) is 12.2. The molecule has 0 heterocycles. The fraction of sp³-hybridized carbons (Fsp3) is 0.933. The summed E-state index contributed by atoms with van der Waals surface area (Å²) in [6.45, 7) is 37.9. The summed E-state index contributed by atoms with van der Waals surface area (Å²) in [5.74, 6) is 0. The van der Waals surface area contributed by atoms with E-state index in [1.54, 1.807) is 0 Å². The van der Waals surface area contributed by atoms with Crippen LogP contribution in [0.25, 0.3) is 0 Å². The Morgan fingerprint density at radius 1 is 0.429 bits per heavy atom. The van der Waals surface area contributed by atoms with Crippen LogP contribution in [0.5, 0.6) is 0 Å². The van der Waals surface area contributed by atoms with Crippen molar-refractivity contribution in [3.8, 4) is 0 Å². The van der Waals surface area contributed by atoms with Crippen molar-refractivity contribution in [2.75, 3.05) is 13.2 Å². The van der Waals surface area contributed by atoms with Gasteiger partial charge in [-0.05, 0) is 46.1 Å². The van der Waals surface area contributed by atoms with E-state index in [-0.39, 0.29) is 19.5 Å². The zero-order valence-electron chi connectivity index (χ0n) is 26.5. The van der Waals surface area contributed by atoms with E-state index in [4.69, 9.17) is 8.85 Å². The standard InChI is InChI=1S/2C15H33OSi.Zn/c2*1-8-9-10-11-12-16-17(13(2)3,14(4)5)15(6)7;/h2*13-15H,1,8-12H2,2-7H3;/q2*-1;+2. The summed E-state index contributed by atoms with van der Waals surface area (Å²) in [6, 6.07) is 0. The van der Waals surface area contributed by atoms with Crippen molar-refractivity contribution in [1.29, 1.82) is 0 Å². The Hall–Kier alpha value is 0.977. The molecule has 208 valence electrons. The van der Waals surface area contributed by atoms with Crippen LogP contribution in [0, 0.1) is 13.8 Å². The van der Waals surface area contributed by atoms with Crippen molar-refractivity contribution in [2.24, 2.45) is 0 Å². The minimum atomic E-state index is -1.60. The van der Waals surface area contributed by atoms with Crippen LogP contribution in [-0.2, 0) is 28.3 Å². The molecule has 0 saturated carbocycles. The third-order valence-electron chi connectivity index (χ3n) is 7.91. The summed E-state index contributed by atoms with van der Waals surface area (Å²) in [6.07, 6.45) is 9.53. The van der Waals surface area contributed by atoms with Crippen LogP contribution < -0.4 is 0 Å². The van der Waals surface area contributed by atoms with Crippen LogP contribution in [0.4, 0.5) is 0 Å². The van der Waals surface area contributed by atoms with E-state index in [0.717, 1.165) is 26.1 Å². The van der Waals surface area contributed by atoms with E-state index in [1.165, 1.54) is 38.5 Å². The molecule has 0 amide bonds. The second kappa shape index (κ2) is 21.9. The monoisotopic (exact) mass is 578 g/mol. The topological polar surface area (TPSA) is 18.5 Å². The second-order valence-corrected chi connectivity index (χ2v) is 23.1. The van der Waals surface area contributed by atoms with Gasteiger partial charge >= 0.3 is 19.5 Å². The maximum absolute atomic E-state index is 6.48. The first kappa shape index (κ1) is 40.5. The van der Waals surface area contributed by atoms with Gasteiger partial charge in [0.1, 0.15) is 0 Å². The molecule has 0 N–H and O–H groups in total. The molecule has 5 heteroatoms. The summed E-state index contributed by atoms with van der Waals surface area (Å²) in [5, 5.41) is 0. The number of hydrogen-bond acceptors (Lipinski definition) is 2. The fourth-order valence-corrected chi connectivity index (χ4v) is 17.4. The van der Waals surface area contributed by atoms with Gasteiger partial charge in [-0.15, -0.1) is 0 Å². The van der Waals surface area contributed by atoms with E-state index >= 15 is 0 Å². The Morgan fingerprint density at radius 3 is 0.829 bits per heavy atom. The van der Waals surface area contributed by atoms with Crippen molar-refractivity contribution in [1.82, 2.24) is 0 Å². The Morgan fingerprint density at radius 2 is 0.657 bits per heavy atom. The molecule has 0 aliphatic carbocycles. The van der Waals surface area contributed by atoms with Crippen LogP contribution in [0.3, 0.4) is 0 Å². The quantitative estimate of drug-likeness (QED) is 0.0912. The molecule has 0 bridgehead atoms. The molecule has 0 aromatic heterocycles. The van der Waals surface area contributed by atoms with E-state index in [2.05, 4.69) is 96.9 Å². The van der Waals surface area contributed by atoms with Crippen molar-refractivity contribution in [2.45, 2.75) is 168 Å². The van der Waals surface area contributed by atoms with E-state index in [1.807, 2.05) is 0 Å². The molecule has 0 radical (unpaired) electrons. The summed E-state index contributed by atoms with van der Waals surface area (Å²) in [7, 11) is -3.21. The summed E-state index contributed by atoms with van der Waals surface area (Å²) in [4.78, 5) is 0. The van der Waals surface area contributed by atoms with Crippen molar-refractivity contribution in [3.05, 3.63) is 13.8 Å². The molecular formula is C30H66O2Si2Zn. The molecule has 0 aromatic carbocycles. The predicted octanol–water partition coefficient (Wildman–Crippen LogP) is 11.1. The first-order valence-electron chi connectivity index (χ1n) is 14.6. The number of rotatable bonds is 18. The molecule has 0 aliphatic rings. The van der Waals surface area contributed by atoms with Crippen LogP contribution in [-0.4, -0.2) is 29.8 Å². The first-order valence-corrected chi connectivity index (χ1v) is 18.9. The Balaban J connectivity index is -0.000000569. The Bertz CT molecular complexity index is 380. The summed E-state index contributed by atoms with van der Waals surface area (Å²) < 4.78 is 13.0. The first-order chi connectivity index (χ1) is 15.8. The SMILES string of the molecule is [CH2-]CCCCCO[Si](C(C)C)(C(C)C)C(C)C.[CH2-]CCCCCO[Si](C(C)C)(C(C)C)C(C)C.[Zn+2]. The van der Waals surface area contributed by atoms with Gasteiger partial charge in [-0.1, -0.05) is 109 Å². The molecule has 0 rings (SSSR count). The largest absolute Gasteiger partial charge is 2.00 e. The Kier molecular flexibility index (Phi) is 25.3. The molecule has 35 heavy (non-hydrogen) atoms. The number of hydrogen-bond donors (Lipinski definition) is 0. The van der Waals surface area contributed by atoms with E-state index < -0.39 is 16.6 Å². The van der Waals surface area contributed by atoms with Gasteiger partial charge in [-0.3, -0.25) is 0 Å². The van der Waals surface area contributed by atoms with Gasteiger partial charge in [0.15, 0.2) is 16.6 Å². The molecule has 0 saturated heterocycles. The molecule has 0 aromatic rings. The van der Waals surface area contributed by atoms with Gasteiger partial charge in [-0.25, -0.2) is 0 Å². The van der Waals surface area contributed by atoms with E-state index in [9.17, 15) is 0 Å². The fourth-order valence-electron chi connectivity index (χ4n) is 6.41. The molecule has 0 fully saturated rings. The summed E-state index contributed by atoms with van der Waals surface area (Å²) in [5.41, 5.74) is 4.22. The minimum absolute atomic E-state index is 0. The van der Waals surface area contributed by atoms with Crippen molar-refractivity contribution in [3.63, 3.8) is 0 Å². The average molecular weight is 580 g/mol. The van der Waals surface area contributed by atoms with Crippen LogP contribution >= 0.6 is 0 Å². The van der Waals surface area contributed by atoms with Gasteiger partial charge in [0.2, 0.25) is 0 Å². The zero-order chi connectivity index (χ0) is 26.9. The minimum Gasteiger partial charge on any atom is -0.416 e. The maximum atomic E-state index is 6.48.